The second-order valence-electron chi connectivity index (χ2n) is 4.70. The lowest BCUT2D eigenvalue weighted by Crippen LogP contribution is -2.30. The summed E-state index contributed by atoms with van der Waals surface area (Å²) in [5.74, 6) is 6.44. The number of benzene rings is 1. The fourth-order valence-corrected chi connectivity index (χ4v) is 2.47. The molecule has 0 amide bonds. The van der Waals surface area contributed by atoms with Crippen molar-refractivity contribution in [2.45, 2.75) is 19.9 Å². The van der Waals surface area contributed by atoms with E-state index in [9.17, 15) is 0 Å². The third-order valence-electron chi connectivity index (χ3n) is 3.08. The normalized spacial score (nSPS) is 12.2. The molecule has 1 unspecified atom stereocenters. The molecule has 0 fully saturated rings. The molecular weight excluding hydrogens is 274 g/mol. The predicted octanol–water partition coefficient (Wildman–Crippen LogP) is 2.91. The zero-order chi connectivity index (χ0) is 14.7. The van der Waals surface area contributed by atoms with Crippen LogP contribution in [0.3, 0.4) is 0 Å². The van der Waals surface area contributed by atoms with Crippen LogP contribution in [0.2, 0.25) is 5.02 Å². The molecule has 3 N–H and O–H groups in total. The quantitative estimate of drug-likeness (QED) is 0.672. The predicted molar refractivity (Wildman–Crippen MR) is 80.9 cm³/mol. The van der Waals surface area contributed by atoms with Crippen LogP contribution in [0.15, 0.2) is 30.3 Å². The van der Waals surface area contributed by atoms with Gasteiger partial charge in [0, 0.05) is 16.3 Å². The van der Waals surface area contributed by atoms with Crippen LogP contribution in [0.25, 0.3) is 0 Å². The molecule has 0 aliphatic rings. The number of aryl methyl sites for hydroxylation is 2. The molecule has 1 aromatic heterocycles. The van der Waals surface area contributed by atoms with Gasteiger partial charge >= 0.3 is 0 Å². The number of rotatable bonds is 4. The van der Waals surface area contributed by atoms with Crippen LogP contribution in [0.1, 0.15) is 28.6 Å². The molecule has 106 valence electrons. The van der Waals surface area contributed by atoms with E-state index in [1.54, 1.807) is 13.2 Å². The van der Waals surface area contributed by atoms with Crippen molar-refractivity contribution in [1.29, 1.82) is 0 Å². The van der Waals surface area contributed by atoms with Gasteiger partial charge in [-0.05, 0) is 49.7 Å². The minimum Gasteiger partial charge on any atom is -0.496 e. The second kappa shape index (κ2) is 6.22. The fourth-order valence-electron chi connectivity index (χ4n) is 2.29. The number of hydrogen-bond donors (Lipinski definition) is 2. The van der Waals surface area contributed by atoms with Gasteiger partial charge in [-0.3, -0.25) is 10.8 Å². The molecule has 0 radical (unpaired) electrons. The Morgan fingerprint density at radius 3 is 2.60 bits per heavy atom. The van der Waals surface area contributed by atoms with Gasteiger partial charge in [0.1, 0.15) is 5.75 Å². The van der Waals surface area contributed by atoms with Gasteiger partial charge in [0.25, 0.3) is 0 Å². The Balaban J connectivity index is 2.54. The molecule has 0 spiro atoms. The monoisotopic (exact) mass is 291 g/mol. The number of nitrogens with two attached hydrogens (primary N) is 1. The minimum absolute atomic E-state index is 0.276. The molecule has 0 aliphatic heterocycles. The Morgan fingerprint density at radius 1 is 1.25 bits per heavy atom. The average molecular weight is 292 g/mol. The van der Waals surface area contributed by atoms with Crippen molar-refractivity contribution in [3.05, 3.63) is 57.9 Å². The molecule has 5 heteroatoms. The van der Waals surface area contributed by atoms with Crippen LogP contribution in [0.4, 0.5) is 0 Å². The maximum absolute atomic E-state index is 6.08. The van der Waals surface area contributed by atoms with Crippen molar-refractivity contribution in [2.24, 2.45) is 5.84 Å². The van der Waals surface area contributed by atoms with E-state index in [0.29, 0.717) is 5.02 Å². The number of nitrogens with zero attached hydrogens (tertiary/aromatic N) is 1. The first-order chi connectivity index (χ1) is 9.55. The number of halogens is 1. The van der Waals surface area contributed by atoms with Crippen molar-refractivity contribution < 1.29 is 4.74 Å². The lowest BCUT2D eigenvalue weighted by atomic mass is 10.0. The van der Waals surface area contributed by atoms with E-state index < -0.39 is 0 Å². The summed E-state index contributed by atoms with van der Waals surface area (Å²) in [6.07, 6.45) is 0. The van der Waals surface area contributed by atoms with E-state index in [1.165, 1.54) is 0 Å². The summed E-state index contributed by atoms with van der Waals surface area (Å²) in [5.41, 5.74) is 6.57. The smallest absolute Gasteiger partial charge is 0.124 e. The number of pyridine rings is 1. The average Bonchev–Trinajstić information content (AvgIpc) is 2.39. The van der Waals surface area contributed by atoms with E-state index in [4.69, 9.17) is 22.2 Å². The van der Waals surface area contributed by atoms with Gasteiger partial charge in [0.15, 0.2) is 0 Å². The highest BCUT2D eigenvalue weighted by atomic mass is 35.5. The molecule has 4 nitrogen and oxygen atoms in total. The maximum atomic E-state index is 6.08. The van der Waals surface area contributed by atoms with Gasteiger partial charge in [0.2, 0.25) is 0 Å². The first-order valence-electron chi connectivity index (χ1n) is 6.30. The van der Waals surface area contributed by atoms with Crippen LogP contribution in [-0.2, 0) is 0 Å². The molecule has 0 aliphatic carbocycles. The number of aromatic nitrogens is 1. The van der Waals surface area contributed by atoms with Crippen LogP contribution in [0, 0.1) is 13.8 Å². The largest absolute Gasteiger partial charge is 0.496 e. The van der Waals surface area contributed by atoms with Gasteiger partial charge < -0.3 is 4.74 Å². The summed E-state index contributed by atoms with van der Waals surface area (Å²) in [7, 11) is 1.62. The summed E-state index contributed by atoms with van der Waals surface area (Å²) in [5, 5.41) is 0.630. The van der Waals surface area contributed by atoms with Crippen LogP contribution >= 0.6 is 11.6 Å². The Morgan fingerprint density at radius 2 is 2.00 bits per heavy atom. The molecule has 20 heavy (non-hydrogen) atoms. The van der Waals surface area contributed by atoms with Crippen molar-refractivity contribution in [1.82, 2.24) is 10.4 Å². The van der Waals surface area contributed by atoms with Crippen molar-refractivity contribution >= 4 is 11.6 Å². The highest BCUT2D eigenvalue weighted by Crippen LogP contribution is 2.31. The topological polar surface area (TPSA) is 60.2 Å². The third kappa shape index (κ3) is 3.10. The second-order valence-corrected chi connectivity index (χ2v) is 5.13. The first kappa shape index (κ1) is 14.8. The van der Waals surface area contributed by atoms with Gasteiger partial charge in [-0.1, -0.05) is 11.6 Å². The zero-order valence-electron chi connectivity index (χ0n) is 11.8. The van der Waals surface area contributed by atoms with Gasteiger partial charge in [-0.15, -0.1) is 0 Å². The summed E-state index contributed by atoms with van der Waals surface area (Å²) in [4.78, 5) is 4.55. The van der Waals surface area contributed by atoms with Crippen LogP contribution in [-0.4, -0.2) is 12.1 Å². The molecule has 1 heterocycles. The lowest BCUT2D eigenvalue weighted by molar-refractivity contribution is 0.403. The molecule has 1 atom stereocenters. The Bertz CT molecular complexity index is 596. The summed E-state index contributed by atoms with van der Waals surface area (Å²) < 4.78 is 5.38. The first-order valence-corrected chi connectivity index (χ1v) is 6.67. The Kier molecular flexibility index (Phi) is 4.60. The lowest BCUT2D eigenvalue weighted by Gasteiger charge is -2.20. The van der Waals surface area contributed by atoms with E-state index in [0.717, 1.165) is 28.3 Å². The number of hydrazine groups is 1. The highest BCUT2D eigenvalue weighted by molar-refractivity contribution is 6.30. The van der Waals surface area contributed by atoms with Gasteiger partial charge in [-0.2, -0.15) is 0 Å². The number of hydrogen-bond acceptors (Lipinski definition) is 4. The van der Waals surface area contributed by atoms with E-state index in [1.807, 2.05) is 38.1 Å². The maximum Gasteiger partial charge on any atom is 0.124 e. The third-order valence-corrected chi connectivity index (χ3v) is 3.32. The van der Waals surface area contributed by atoms with Crippen LogP contribution < -0.4 is 16.0 Å². The highest BCUT2D eigenvalue weighted by Gasteiger charge is 2.19. The molecule has 1 aromatic carbocycles. The van der Waals surface area contributed by atoms with E-state index in [-0.39, 0.29) is 6.04 Å². The Hall–Kier alpha value is -1.62. The van der Waals surface area contributed by atoms with E-state index in [2.05, 4.69) is 10.4 Å². The molecule has 0 bridgehead atoms. The standard InChI is InChI=1S/C15H18ClN3O/c1-9-6-10(2)18-13(7-9)15(19-17)12-8-11(16)4-5-14(12)20-3/h4-8,15,19H,17H2,1-3H3. The summed E-state index contributed by atoms with van der Waals surface area (Å²) in [6, 6.07) is 9.19. The molecular formula is C15H18ClN3O. The molecule has 0 saturated heterocycles. The molecule has 2 aromatic rings. The van der Waals surface area contributed by atoms with Gasteiger partial charge in [-0.25, -0.2) is 5.43 Å². The molecule has 2 rings (SSSR count). The SMILES string of the molecule is COc1ccc(Cl)cc1C(NN)c1cc(C)cc(C)n1. The minimum atomic E-state index is -0.276. The van der Waals surface area contributed by atoms with Crippen molar-refractivity contribution in [3.8, 4) is 5.75 Å². The summed E-state index contributed by atoms with van der Waals surface area (Å²) >= 11 is 6.08. The number of methoxy groups -OCH3 is 1. The van der Waals surface area contributed by atoms with Crippen molar-refractivity contribution in [3.63, 3.8) is 0 Å². The van der Waals surface area contributed by atoms with E-state index >= 15 is 0 Å². The Labute approximate surface area is 123 Å². The van der Waals surface area contributed by atoms with Crippen molar-refractivity contribution in [2.75, 3.05) is 7.11 Å². The zero-order valence-corrected chi connectivity index (χ0v) is 12.5. The van der Waals surface area contributed by atoms with Crippen LogP contribution in [0.5, 0.6) is 5.75 Å². The fraction of sp³-hybridized carbons (Fsp3) is 0.267. The summed E-state index contributed by atoms with van der Waals surface area (Å²) in [6.45, 7) is 3.99. The van der Waals surface area contributed by atoms with Gasteiger partial charge in [0.05, 0.1) is 18.8 Å². The number of ether oxygens (including phenoxy) is 1. The molecule has 0 saturated carbocycles. The number of nitrogens with one attached hydrogen (secondary N) is 1.